The Morgan fingerprint density at radius 2 is 0.780 bits per heavy atom. The number of carbonyl (C=O) groups is 4. The molecule has 0 saturated carbocycles. The molecule has 0 atom stereocenters. The first kappa shape index (κ1) is 38.8. The van der Waals surface area contributed by atoms with Crippen LogP contribution in [0.3, 0.4) is 0 Å². The van der Waals surface area contributed by atoms with E-state index in [1.54, 1.807) is 0 Å². The maximum Gasteiger partial charge on any atom is 0.305 e. The van der Waals surface area contributed by atoms with Gasteiger partial charge in [0.2, 0.25) is 0 Å². The van der Waals surface area contributed by atoms with Crippen molar-refractivity contribution >= 4 is 23.9 Å². The molecular weight excluding hydrogens is 532 g/mol. The number of hydrogen-bond acceptors (Lipinski definition) is 10. The average molecular weight is 589 g/mol. The molecular formula is C31H56O10. The minimum atomic E-state index is -0.887. The highest BCUT2D eigenvalue weighted by molar-refractivity contribution is 5.73. The number of carbonyl (C=O) groups excluding carboxylic acids is 4. The van der Waals surface area contributed by atoms with Gasteiger partial charge in [0.15, 0.2) is 0 Å². The molecule has 41 heavy (non-hydrogen) atoms. The van der Waals surface area contributed by atoms with Crippen LogP contribution in [0.4, 0.5) is 0 Å². The maximum atomic E-state index is 12.3. The average Bonchev–Trinajstić information content (AvgIpc) is 2.95. The zero-order valence-corrected chi connectivity index (χ0v) is 26.1. The van der Waals surface area contributed by atoms with Gasteiger partial charge < -0.3 is 28.4 Å². The van der Waals surface area contributed by atoms with E-state index in [2.05, 4.69) is 13.8 Å². The number of rotatable bonds is 28. The predicted molar refractivity (Wildman–Crippen MR) is 155 cm³/mol. The predicted octanol–water partition coefficient (Wildman–Crippen LogP) is 5.72. The quantitative estimate of drug-likeness (QED) is 0.0637. The van der Waals surface area contributed by atoms with E-state index < -0.39 is 17.4 Å². The summed E-state index contributed by atoms with van der Waals surface area (Å²) in [5.41, 5.74) is -0.887. The third-order valence-electron chi connectivity index (χ3n) is 6.53. The van der Waals surface area contributed by atoms with E-state index in [9.17, 15) is 19.2 Å². The molecule has 0 N–H and O–H groups in total. The van der Waals surface area contributed by atoms with Crippen molar-refractivity contribution in [3.8, 4) is 0 Å². The minimum absolute atomic E-state index is 0.0657. The zero-order valence-electron chi connectivity index (χ0n) is 26.1. The first-order valence-electron chi connectivity index (χ1n) is 15.4. The summed E-state index contributed by atoms with van der Waals surface area (Å²) in [6, 6.07) is 0. The monoisotopic (exact) mass is 588 g/mol. The van der Waals surface area contributed by atoms with Crippen molar-refractivity contribution < 1.29 is 47.6 Å². The zero-order chi connectivity index (χ0) is 30.6. The van der Waals surface area contributed by atoms with Crippen LogP contribution in [-0.2, 0) is 47.6 Å². The normalized spacial score (nSPS) is 11.2. The molecule has 0 rings (SSSR count). The van der Waals surface area contributed by atoms with Crippen LogP contribution in [0.15, 0.2) is 0 Å². The van der Waals surface area contributed by atoms with Crippen molar-refractivity contribution in [3.63, 3.8) is 0 Å². The summed E-state index contributed by atoms with van der Waals surface area (Å²) in [5, 5.41) is 0. The standard InChI is InChI=1S/C31H56O10/c1-5-7-9-11-13-21-38-27(32)17-15-19-29(34)40-25-31(23-36-3,24-37-4)26-41-30(35)20-16-18-28(33)39-22-14-12-10-8-6-2/h5-26H2,1-4H3. The number of ether oxygens (including phenoxy) is 6. The number of hydrogen-bond donors (Lipinski definition) is 0. The summed E-state index contributed by atoms with van der Waals surface area (Å²) in [6.45, 7) is 5.24. The van der Waals surface area contributed by atoms with Gasteiger partial charge in [-0.25, -0.2) is 0 Å². The Morgan fingerprint density at radius 1 is 0.439 bits per heavy atom. The Morgan fingerprint density at radius 3 is 1.12 bits per heavy atom. The Labute approximate surface area is 247 Å². The van der Waals surface area contributed by atoms with Crippen LogP contribution >= 0.6 is 0 Å². The van der Waals surface area contributed by atoms with Crippen LogP contribution in [0.25, 0.3) is 0 Å². The molecule has 0 unspecified atom stereocenters. The molecule has 0 bridgehead atoms. The van der Waals surface area contributed by atoms with Crippen molar-refractivity contribution in [1.82, 2.24) is 0 Å². The molecule has 0 aromatic heterocycles. The van der Waals surface area contributed by atoms with Crippen molar-refractivity contribution in [1.29, 1.82) is 0 Å². The van der Waals surface area contributed by atoms with Gasteiger partial charge in [0, 0.05) is 39.9 Å². The maximum absolute atomic E-state index is 12.3. The third-order valence-corrected chi connectivity index (χ3v) is 6.53. The second kappa shape index (κ2) is 26.7. The fourth-order valence-corrected chi connectivity index (χ4v) is 4.16. The van der Waals surface area contributed by atoms with Crippen LogP contribution in [0.2, 0.25) is 0 Å². The summed E-state index contributed by atoms with van der Waals surface area (Å²) < 4.78 is 31.9. The molecule has 0 amide bonds. The van der Waals surface area contributed by atoms with Gasteiger partial charge in [-0.15, -0.1) is 0 Å². The van der Waals surface area contributed by atoms with E-state index in [1.165, 1.54) is 27.1 Å². The van der Waals surface area contributed by atoms with Gasteiger partial charge in [-0.05, 0) is 25.7 Å². The molecule has 0 fully saturated rings. The smallest absolute Gasteiger partial charge is 0.305 e. The van der Waals surface area contributed by atoms with Crippen LogP contribution in [0.5, 0.6) is 0 Å². The Balaban J connectivity index is 4.34. The summed E-state index contributed by atoms with van der Waals surface area (Å²) in [4.78, 5) is 48.4. The molecule has 10 nitrogen and oxygen atoms in total. The number of unbranched alkanes of at least 4 members (excludes halogenated alkanes) is 8. The molecule has 240 valence electrons. The molecule has 0 aliphatic heterocycles. The second-order valence-electron chi connectivity index (χ2n) is 10.7. The Kier molecular flexibility index (Phi) is 25.3. The van der Waals surface area contributed by atoms with Gasteiger partial charge in [-0.3, -0.25) is 19.2 Å². The molecule has 0 heterocycles. The molecule has 10 heteroatoms. The van der Waals surface area contributed by atoms with Crippen LogP contribution < -0.4 is 0 Å². The van der Waals surface area contributed by atoms with E-state index >= 15 is 0 Å². The summed E-state index contributed by atoms with van der Waals surface area (Å²) >= 11 is 0. The van der Waals surface area contributed by atoms with E-state index in [0.717, 1.165) is 51.4 Å². The van der Waals surface area contributed by atoms with Crippen molar-refractivity contribution in [2.24, 2.45) is 5.41 Å². The minimum Gasteiger partial charge on any atom is -0.466 e. The molecule has 0 radical (unpaired) electrons. The molecule has 0 aromatic rings. The molecule has 0 aromatic carbocycles. The highest BCUT2D eigenvalue weighted by Crippen LogP contribution is 2.21. The molecule has 0 aliphatic rings. The van der Waals surface area contributed by atoms with E-state index in [-0.39, 0.29) is 64.0 Å². The molecule has 0 spiro atoms. The topological polar surface area (TPSA) is 124 Å². The number of esters is 4. The lowest BCUT2D eigenvalue weighted by atomic mass is 9.92. The van der Waals surface area contributed by atoms with Crippen molar-refractivity contribution in [2.75, 3.05) is 53.9 Å². The van der Waals surface area contributed by atoms with Gasteiger partial charge >= 0.3 is 23.9 Å². The fraction of sp³-hybridized carbons (Fsp3) is 0.871. The molecule has 0 saturated heterocycles. The summed E-state index contributed by atoms with van der Waals surface area (Å²) in [6.07, 6.45) is 11.9. The lowest BCUT2D eigenvalue weighted by Crippen LogP contribution is -2.42. The third kappa shape index (κ3) is 23.1. The van der Waals surface area contributed by atoms with Gasteiger partial charge in [0.1, 0.15) is 13.2 Å². The van der Waals surface area contributed by atoms with Crippen LogP contribution in [0, 0.1) is 5.41 Å². The van der Waals surface area contributed by atoms with Crippen molar-refractivity contribution in [3.05, 3.63) is 0 Å². The highest BCUT2D eigenvalue weighted by Gasteiger charge is 2.34. The summed E-state index contributed by atoms with van der Waals surface area (Å²) in [5.74, 6) is -1.57. The summed E-state index contributed by atoms with van der Waals surface area (Å²) in [7, 11) is 3.00. The van der Waals surface area contributed by atoms with Gasteiger partial charge in [0.25, 0.3) is 0 Å². The lowest BCUT2D eigenvalue weighted by molar-refractivity contribution is -0.161. The second-order valence-corrected chi connectivity index (χ2v) is 10.7. The SMILES string of the molecule is CCCCCCCOC(=O)CCCC(=O)OCC(COC)(COC)COC(=O)CCCC(=O)OCCCCCCC. The largest absolute Gasteiger partial charge is 0.466 e. The van der Waals surface area contributed by atoms with Crippen LogP contribution in [0.1, 0.15) is 117 Å². The van der Waals surface area contributed by atoms with E-state index in [1.807, 2.05) is 0 Å². The number of methoxy groups -OCH3 is 2. The van der Waals surface area contributed by atoms with Crippen molar-refractivity contribution in [2.45, 2.75) is 117 Å². The first-order valence-corrected chi connectivity index (χ1v) is 15.4. The first-order chi connectivity index (χ1) is 19.8. The molecule has 0 aliphatic carbocycles. The van der Waals surface area contributed by atoms with Crippen LogP contribution in [-0.4, -0.2) is 77.7 Å². The Bertz CT molecular complexity index is 636. The van der Waals surface area contributed by atoms with Gasteiger partial charge in [-0.1, -0.05) is 65.2 Å². The van der Waals surface area contributed by atoms with Gasteiger partial charge in [-0.2, -0.15) is 0 Å². The van der Waals surface area contributed by atoms with E-state index in [0.29, 0.717) is 26.1 Å². The fourth-order valence-electron chi connectivity index (χ4n) is 4.16. The van der Waals surface area contributed by atoms with E-state index in [4.69, 9.17) is 28.4 Å². The van der Waals surface area contributed by atoms with Gasteiger partial charge in [0.05, 0.1) is 31.8 Å². The highest BCUT2D eigenvalue weighted by atomic mass is 16.6. The Hall–Kier alpha value is -2.20. The lowest BCUT2D eigenvalue weighted by Gasteiger charge is -2.31.